The summed E-state index contributed by atoms with van der Waals surface area (Å²) >= 11 is 9.50. The summed E-state index contributed by atoms with van der Waals surface area (Å²) in [6, 6.07) is 3.48. The van der Waals surface area contributed by atoms with E-state index in [4.69, 9.17) is 16.7 Å². The van der Waals surface area contributed by atoms with Crippen LogP contribution in [0.15, 0.2) is 27.6 Å². The van der Waals surface area contributed by atoms with E-state index in [1.54, 1.807) is 13.0 Å². The summed E-state index contributed by atoms with van der Waals surface area (Å²) in [5.74, 6) is -1.35. The number of carboxylic acid groups (broad SMARTS) is 1. The van der Waals surface area contributed by atoms with Crippen molar-refractivity contribution in [3.8, 4) is 5.69 Å². The maximum Gasteiger partial charge on any atom is 0.360 e. The lowest BCUT2D eigenvalue weighted by molar-refractivity contribution is 0.0686. The van der Waals surface area contributed by atoms with E-state index >= 15 is 0 Å². The van der Waals surface area contributed by atoms with Gasteiger partial charge in [-0.1, -0.05) is 18.5 Å². The standard InChI is InChI=1S/C14H12BrClN2O3/c1-3-8-6-18(17-12(13(8)19)14(20)21)11-5-10(16)7(2)4-9(11)15/h4-6H,3H2,1-2H3,(H,20,21). The Bertz CT molecular complexity index is 787. The van der Waals surface area contributed by atoms with Gasteiger partial charge in [0, 0.05) is 21.3 Å². The van der Waals surface area contributed by atoms with Crippen molar-refractivity contribution in [3.63, 3.8) is 0 Å². The molecule has 0 saturated carbocycles. The first-order valence-corrected chi connectivity index (χ1v) is 7.34. The summed E-state index contributed by atoms with van der Waals surface area (Å²) in [6.45, 7) is 3.64. The Hall–Kier alpha value is -1.66. The van der Waals surface area contributed by atoms with E-state index in [1.165, 1.54) is 10.9 Å². The second-order valence-electron chi connectivity index (χ2n) is 4.49. The zero-order valence-corrected chi connectivity index (χ0v) is 13.7. The summed E-state index contributed by atoms with van der Waals surface area (Å²) in [5.41, 5.74) is 0.768. The molecule has 110 valence electrons. The van der Waals surface area contributed by atoms with Gasteiger partial charge in [-0.15, -0.1) is 0 Å². The van der Waals surface area contributed by atoms with Gasteiger partial charge >= 0.3 is 5.97 Å². The summed E-state index contributed by atoms with van der Waals surface area (Å²) < 4.78 is 2.07. The van der Waals surface area contributed by atoms with Crippen LogP contribution in [0.2, 0.25) is 5.02 Å². The predicted octanol–water partition coefficient (Wildman–Crippen LogP) is 3.22. The molecule has 0 aliphatic carbocycles. The SMILES string of the molecule is CCc1cn(-c2cc(Cl)c(C)cc2Br)nc(C(=O)O)c1=O. The van der Waals surface area contributed by atoms with Gasteiger partial charge in [-0.25, -0.2) is 9.48 Å². The number of hydrogen-bond donors (Lipinski definition) is 1. The molecule has 1 aromatic heterocycles. The Morgan fingerprint density at radius 2 is 2.14 bits per heavy atom. The van der Waals surface area contributed by atoms with Crippen LogP contribution in [0.25, 0.3) is 5.69 Å². The Labute approximate surface area is 134 Å². The zero-order chi connectivity index (χ0) is 15.7. The monoisotopic (exact) mass is 370 g/mol. The lowest BCUT2D eigenvalue weighted by Gasteiger charge is -2.12. The summed E-state index contributed by atoms with van der Waals surface area (Å²) in [4.78, 5) is 23.1. The molecule has 0 radical (unpaired) electrons. The topological polar surface area (TPSA) is 72.2 Å². The van der Waals surface area contributed by atoms with Crippen LogP contribution in [-0.2, 0) is 6.42 Å². The van der Waals surface area contributed by atoms with E-state index in [-0.39, 0.29) is 0 Å². The van der Waals surface area contributed by atoms with Gasteiger partial charge in [0.05, 0.1) is 5.69 Å². The highest BCUT2D eigenvalue weighted by Crippen LogP contribution is 2.27. The molecule has 5 nitrogen and oxygen atoms in total. The van der Waals surface area contributed by atoms with Crippen LogP contribution in [0.3, 0.4) is 0 Å². The molecule has 0 atom stereocenters. The van der Waals surface area contributed by atoms with Gasteiger partial charge in [0.2, 0.25) is 11.1 Å². The molecule has 2 rings (SSSR count). The third-order valence-corrected chi connectivity index (χ3v) is 4.09. The maximum atomic E-state index is 11.9. The molecular weight excluding hydrogens is 360 g/mol. The molecule has 0 amide bonds. The molecule has 0 unspecified atom stereocenters. The van der Waals surface area contributed by atoms with Gasteiger partial charge in [-0.05, 0) is 47.0 Å². The predicted molar refractivity (Wildman–Crippen MR) is 83.6 cm³/mol. The summed E-state index contributed by atoms with van der Waals surface area (Å²) in [5, 5.41) is 13.5. The van der Waals surface area contributed by atoms with Crippen molar-refractivity contribution in [1.82, 2.24) is 9.78 Å². The normalized spacial score (nSPS) is 10.7. The molecule has 0 aliphatic heterocycles. The molecule has 1 N–H and O–H groups in total. The molecule has 0 bridgehead atoms. The van der Waals surface area contributed by atoms with Crippen molar-refractivity contribution in [3.05, 3.63) is 54.9 Å². The summed E-state index contributed by atoms with van der Waals surface area (Å²) in [7, 11) is 0. The minimum absolute atomic E-state index is 0.381. The zero-order valence-electron chi connectivity index (χ0n) is 11.4. The number of aromatic carboxylic acids is 1. The van der Waals surface area contributed by atoms with Gasteiger partial charge in [-0.2, -0.15) is 5.10 Å². The van der Waals surface area contributed by atoms with Crippen LogP contribution in [0, 0.1) is 6.92 Å². The fraction of sp³-hybridized carbons (Fsp3) is 0.214. The molecule has 1 heterocycles. The molecule has 0 saturated heterocycles. The van der Waals surface area contributed by atoms with E-state index in [1.807, 2.05) is 13.0 Å². The Kier molecular flexibility index (Phi) is 4.49. The van der Waals surface area contributed by atoms with Crippen molar-refractivity contribution in [1.29, 1.82) is 0 Å². The fourth-order valence-corrected chi connectivity index (χ4v) is 2.66. The Morgan fingerprint density at radius 1 is 1.48 bits per heavy atom. The van der Waals surface area contributed by atoms with Crippen LogP contribution in [0.5, 0.6) is 0 Å². The highest BCUT2D eigenvalue weighted by Gasteiger charge is 2.17. The van der Waals surface area contributed by atoms with E-state index in [2.05, 4.69) is 21.0 Å². The van der Waals surface area contributed by atoms with E-state index in [0.29, 0.717) is 27.2 Å². The van der Waals surface area contributed by atoms with Crippen molar-refractivity contribution >= 4 is 33.5 Å². The number of carbonyl (C=O) groups is 1. The first kappa shape index (κ1) is 15.7. The van der Waals surface area contributed by atoms with E-state index in [0.717, 1.165) is 5.56 Å². The fourth-order valence-electron chi connectivity index (χ4n) is 1.87. The summed E-state index contributed by atoms with van der Waals surface area (Å²) in [6.07, 6.45) is 1.94. The highest BCUT2D eigenvalue weighted by atomic mass is 79.9. The minimum Gasteiger partial charge on any atom is -0.476 e. The lowest BCUT2D eigenvalue weighted by Crippen LogP contribution is -2.24. The average Bonchev–Trinajstić information content (AvgIpc) is 2.43. The molecule has 1 aromatic carbocycles. The minimum atomic E-state index is -1.35. The number of nitrogens with zero attached hydrogens (tertiary/aromatic N) is 2. The molecule has 2 aromatic rings. The maximum absolute atomic E-state index is 11.9. The molecule has 0 fully saturated rings. The first-order valence-electron chi connectivity index (χ1n) is 6.17. The number of carboxylic acids is 1. The third-order valence-electron chi connectivity index (χ3n) is 3.05. The molecule has 0 spiro atoms. The van der Waals surface area contributed by atoms with Crippen LogP contribution in [0.4, 0.5) is 0 Å². The Morgan fingerprint density at radius 3 is 2.71 bits per heavy atom. The second kappa shape index (κ2) is 5.99. The molecule has 0 aliphatic rings. The number of benzene rings is 1. The van der Waals surface area contributed by atoms with Crippen LogP contribution in [0.1, 0.15) is 28.5 Å². The average molecular weight is 372 g/mol. The van der Waals surface area contributed by atoms with Crippen molar-refractivity contribution in [2.75, 3.05) is 0 Å². The van der Waals surface area contributed by atoms with E-state index < -0.39 is 17.1 Å². The Balaban J connectivity index is 2.76. The quantitative estimate of drug-likeness (QED) is 0.899. The molecule has 7 heteroatoms. The van der Waals surface area contributed by atoms with Gasteiger partial charge in [0.1, 0.15) is 0 Å². The van der Waals surface area contributed by atoms with E-state index in [9.17, 15) is 9.59 Å². The largest absolute Gasteiger partial charge is 0.476 e. The van der Waals surface area contributed by atoms with Crippen molar-refractivity contribution in [2.45, 2.75) is 20.3 Å². The van der Waals surface area contributed by atoms with Crippen molar-refractivity contribution < 1.29 is 9.90 Å². The number of rotatable bonds is 3. The number of aryl methyl sites for hydroxylation is 2. The number of aromatic nitrogens is 2. The van der Waals surface area contributed by atoms with Gasteiger partial charge < -0.3 is 5.11 Å². The highest BCUT2D eigenvalue weighted by molar-refractivity contribution is 9.10. The number of hydrogen-bond acceptors (Lipinski definition) is 3. The third kappa shape index (κ3) is 3.01. The van der Waals surface area contributed by atoms with Crippen LogP contribution >= 0.6 is 27.5 Å². The smallest absolute Gasteiger partial charge is 0.360 e. The van der Waals surface area contributed by atoms with Gasteiger partial charge in [0.25, 0.3) is 0 Å². The first-order chi connectivity index (χ1) is 9.85. The van der Waals surface area contributed by atoms with Gasteiger partial charge in [0.15, 0.2) is 0 Å². The molecule has 21 heavy (non-hydrogen) atoms. The lowest BCUT2D eigenvalue weighted by atomic mass is 10.2. The van der Waals surface area contributed by atoms with Crippen LogP contribution < -0.4 is 5.43 Å². The van der Waals surface area contributed by atoms with Gasteiger partial charge in [-0.3, -0.25) is 4.79 Å². The van der Waals surface area contributed by atoms with Crippen LogP contribution in [-0.4, -0.2) is 20.9 Å². The molecular formula is C14H12BrClN2O3. The second-order valence-corrected chi connectivity index (χ2v) is 5.75. The van der Waals surface area contributed by atoms with Crippen molar-refractivity contribution in [2.24, 2.45) is 0 Å². The number of halogens is 2.